The van der Waals surface area contributed by atoms with Crippen LogP contribution < -0.4 is 4.90 Å². The topological polar surface area (TPSA) is 23.5 Å². The minimum Gasteiger partial charge on any atom is -0.388 e. The summed E-state index contributed by atoms with van der Waals surface area (Å²) in [5, 5.41) is 10.3. The van der Waals surface area contributed by atoms with Crippen molar-refractivity contribution >= 4 is 5.69 Å². The SMILES string of the molecule is CCC(O)c1ccccc1N1CCC2(CCCCC2)CC1. The van der Waals surface area contributed by atoms with E-state index < -0.39 is 0 Å². The highest BCUT2D eigenvalue weighted by atomic mass is 16.3. The maximum absolute atomic E-state index is 10.3. The maximum atomic E-state index is 10.3. The Bertz CT molecular complexity index is 454. The zero-order valence-electron chi connectivity index (χ0n) is 13.4. The molecule has 2 fully saturated rings. The van der Waals surface area contributed by atoms with Crippen LogP contribution in [0.4, 0.5) is 5.69 Å². The number of piperidine rings is 1. The first-order valence-electron chi connectivity index (χ1n) is 8.76. The van der Waals surface area contributed by atoms with Crippen LogP contribution >= 0.6 is 0 Å². The Morgan fingerprint density at radius 3 is 2.38 bits per heavy atom. The second-order valence-electron chi connectivity index (χ2n) is 7.03. The Balaban J connectivity index is 1.72. The molecule has 0 amide bonds. The van der Waals surface area contributed by atoms with E-state index in [1.54, 1.807) is 0 Å². The zero-order chi connectivity index (χ0) is 14.7. The summed E-state index contributed by atoms with van der Waals surface area (Å²) in [7, 11) is 0. The average Bonchev–Trinajstić information content (AvgIpc) is 2.56. The van der Waals surface area contributed by atoms with Gasteiger partial charge in [0.15, 0.2) is 0 Å². The Morgan fingerprint density at radius 1 is 1.05 bits per heavy atom. The average molecular weight is 287 g/mol. The van der Waals surface area contributed by atoms with Gasteiger partial charge in [0.05, 0.1) is 6.10 Å². The minimum absolute atomic E-state index is 0.327. The molecule has 1 atom stereocenters. The maximum Gasteiger partial charge on any atom is 0.0807 e. The van der Waals surface area contributed by atoms with E-state index in [0.717, 1.165) is 25.1 Å². The quantitative estimate of drug-likeness (QED) is 0.872. The molecule has 2 nitrogen and oxygen atoms in total. The number of para-hydroxylation sites is 1. The Hall–Kier alpha value is -1.02. The normalized spacial score (nSPS) is 23.2. The lowest BCUT2D eigenvalue weighted by atomic mass is 9.68. The van der Waals surface area contributed by atoms with Crippen LogP contribution in [0.25, 0.3) is 0 Å². The standard InChI is InChI=1S/C19H29NO/c1-2-18(21)16-8-4-5-9-17(16)20-14-12-19(13-15-20)10-6-3-7-11-19/h4-5,8-9,18,21H,2-3,6-7,10-15H2,1H3. The molecule has 1 aliphatic heterocycles. The van der Waals surface area contributed by atoms with Crippen LogP contribution in [0, 0.1) is 5.41 Å². The molecule has 1 aromatic rings. The van der Waals surface area contributed by atoms with Crippen molar-refractivity contribution in [1.82, 2.24) is 0 Å². The lowest BCUT2D eigenvalue weighted by Crippen LogP contribution is -2.41. The Labute approximate surface area is 129 Å². The first kappa shape index (κ1) is 14.9. The number of rotatable bonds is 3. The second kappa shape index (κ2) is 6.39. The van der Waals surface area contributed by atoms with Crippen molar-refractivity contribution in [2.75, 3.05) is 18.0 Å². The van der Waals surface area contributed by atoms with Crippen molar-refractivity contribution in [1.29, 1.82) is 0 Å². The molecular weight excluding hydrogens is 258 g/mol. The van der Waals surface area contributed by atoms with E-state index in [4.69, 9.17) is 0 Å². The van der Waals surface area contributed by atoms with Crippen LogP contribution in [0.2, 0.25) is 0 Å². The monoisotopic (exact) mass is 287 g/mol. The van der Waals surface area contributed by atoms with Crippen LogP contribution in [0.1, 0.15) is 70.0 Å². The molecule has 1 aromatic carbocycles. The molecule has 3 rings (SSSR count). The summed E-state index contributed by atoms with van der Waals surface area (Å²) in [4.78, 5) is 2.51. The molecule has 1 unspecified atom stereocenters. The van der Waals surface area contributed by atoms with Crippen LogP contribution in [-0.4, -0.2) is 18.2 Å². The van der Waals surface area contributed by atoms with Gasteiger partial charge in [-0.1, -0.05) is 44.4 Å². The summed E-state index contributed by atoms with van der Waals surface area (Å²) in [6.07, 6.45) is 10.3. The molecule has 2 aliphatic rings. The fraction of sp³-hybridized carbons (Fsp3) is 0.684. The summed E-state index contributed by atoms with van der Waals surface area (Å²) in [5.41, 5.74) is 3.02. The van der Waals surface area contributed by atoms with Gasteiger partial charge >= 0.3 is 0 Å². The molecule has 2 heteroatoms. The smallest absolute Gasteiger partial charge is 0.0807 e. The van der Waals surface area contributed by atoms with Gasteiger partial charge in [0, 0.05) is 24.3 Å². The Kier molecular flexibility index (Phi) is 4.54. The highest BCUT2D eigenvalue weighted by molar-refractivity contribution is 5.55. The highest BCUT2D eigenvalue weighted by Gasteiger charge is 2.35. The predicted molar refractivity (Wildman–Crippen MR) is 88.7 cm³/mol. The summed E-state index contributed by atoms with van der Waals surface area (Å²) >= 11 is 0. The minimum atomic E-state index is -0.327. The number of anilines is 1. The zero-order valence-corrected chi connectivity index (χ0v) is 13.4. The summed E-state index contributed by atoms with van der Waals surface area (Å²) < 4.78 is 0. The number of benzene rings is 1. The van der Waals surface area contributed by atoms with Crippen molar-refractivity contribution in [2.24, 2.45) is 5.41 Å². The number of aliphatic hydroxyl groups is 1. The lowest BCUT2D eigenvalue weighted by molar-refractivity contribution is 0.143. The summed E-state index contributed by atoms with van der Waals surface area (Å²) in [6.45, 7) is 4.37. The third-order valence-corrected chi connectivity index (χ3v) is 5.76. The van der Waals surface area contributed by atoms with E-state index in [1.807, 2.05) is 6.07 Å². The molecule has 116 valence electrons. The van der Waals surface area contributed by atoms with Crippen LogP contribution in [-0.2, 0) is 0 Å². The number of hydrogen-bond donors (Lipinski definition) is 1. The van der Waals surface area contributed by atoms with E-state index >= 15 is 0 Å². The second-order valence-corrected chi connectivity index (χ2v) is 7.03. The number of hydrogen-bond acceptors (Lipinski definition) is 2. The Morgan fingerprint density at radius 2 is 1.71 bits per heavy atom. The van der Waals surface area contributed by atoms with Crippen molar-refractivity contribution < 1.29 is 5.11 Å². The summed E-state index contributed by atoms with van der Waals surface area (Å²) in [5.74, 6) is 0. The predicted octanol–water partition coefficient (Wildman–Crippen LogP) is 4.68. The van der Waals surface area contributed by atoms with E-state index in [-0.39, 0.29) is 6.10 Å². The van der Waals surface area contributed by atoms with Gasteiger partial charge in [0.2, 0.25) is 0 Å². The van der Waals surface area contributed by atoms with Gasteiger partial charge in [-0.15, -0.1) is 0 Å². The molecule has 1 saturated carbocycles. The van der Waals surface area contributed by atoms with Crippen LogP contribution in [0.3, 0.4) is 0 Å². The first-order valence-corrected chi connectivity index (χ1v) is 8.76. The van der Waals surface area contributed by atoms with Gasteiger partial charge in [0.1, 0.15) is 0 Å². The van der Waals surface area contributed by atoms with Crippen molar-refractivity contribution in [3.8, 4) is 0 Å². The molecule has 1 spiro atoms. The van der Waals surface area contributed by atoms with Gasteiger partial charge in [-0.05, 0) is 43.6 Å². The van der Waals surface area contributed by atoms with Crippen molar-refractivity contribution in [3.63, 3.8) is 0 Å². The van der Waals surface area contributed by atoms with Gasteiger partial charge in [-0.3, -0.25) is 0 Å². The molecule has 0 radical (unpaired) electrons. The van der Waals surface area contributed by atoms with E-state index in [0.29, 0.717) is 5.41 Å². The summed E-state index contributed by atoms with van der Waals surface area (Å²) in [6, 6.07) is 8.43. The highest BCUT2D eigenvalue weighted by Crippen LogP contribution is 2.45. The van der Waals surface area contributed by atoms with E-state index in [2.05, 4.69) is 30.0 Å². The molecule has 0 bridgehead atoms. The molecule has 1 N–H and O–H groups in total. The molecule has 21 heavy (non-hydrogen) atoms. The fourth-order valence-electron chi connectivity index (χ4n) is 4.30. The molecule has 1 saturated heterocycles. The van der Waals surface area contributed by atoms with Crippen LogP contribution in [0.5, 0.6) is 0 Å². The largest absolute Gasteiger partial charge is 0.388 e. The van der Waals surface area contributed by atoms with Gasteiger partial charge in [-0.25, -0.2) is 0 Å². The third kappa shape index (κ3) is 3.11. The lowest BCUT2D eigenvalue weighted by Gasteiger charge is -2.45. The van der Waals surface area contributed by atoms with Crippen molar-refractivity contribution in [3.05, 3.63) is 29.8 Å². The number of aliphatic hydroxyl groups excluding tert-OH is 1. The first-order chi connectivity index (χ1) is 10.2. The van der Waals surface area contributed by atoms with Gasteiger partial charge in [0.25, 0.3) is 0 Å². The van der Waals surface area contributed by atoms with Gasteiger partial charge < -0.3 is 10.0 Å². The van der Waals surface area contributed by atoms with Crippen molar-refractivity contribution in [2.45, 2.75) is 64.4 Å². The number of nitrogens with zero attached hydrogens (tertiary/aromatic N) is 1. The molecule has 1 aliphatic carbocycles. The van der Waals surface area contributed by atoms with E-state index in [9.17, 15) is 5.11 Å². The fourth-order valence-corrected chi connectivity index (χ4v) is 4.30. The van der Waals surface area contributed by atoms with Gasteiger partial charge in [-0.2, -0.15) is 0 Å². The molecule has 0 aromatic heterocycles. The molecular formula is C19H29NO. The van der Waals surface area contributed by atoms with Crippen LogP contribution in [0.15, 0.2) is 24.3 Å². The third-order valence-electron chi connectivity index (χ3n) is 5.76. The molecule has 1 heterocycles. The van der Waals surface area contributed by atoms with E-state index in [1.165, 1.54) is 50.6 Å².